The summed E-state index contributed by atoms with van der Waals surface area (Å²) in [4.78, 5) is 28.8. The maximum Gasteiger partial charge on any atom is 0.418 e. The highest BCUT2D eigenvalue weighted by Crippen LogP contribution is 2.34. The van der Waals surface area contributed by atoms with E-state index in [0.717, 1.165) is 4.90 Å². The van der Waals surface area contributed by atoms with Crippen molar-refractivity contribution in [2.45, 2.75) is 53.3 Å². The van der Waals surface area contributed by atoms with Gasteiger partial charge in [-0.3, -0.25) is 19.5 Å². The maximum absolute atomic E-state index is 13.0. The average molecular weight is 368 g/mol. The van der Waals surface area contributed by atoms with Crippen LogP contribution in [-0.4, -0.2) is 21.7 Å². The molecule has 2 heterocycles. The first-order valence-corrected chi connectivity index (χ1v) is 8.65. The Hall–Kier alpha value is -2.44. The number of alkyl halides is 3. The van der Waals surface area contributed by atoms with Crippen LogP contribution in [0.25, 0.3) is 0 Å². The molecule has 1 aromatic rings. The number of allylic oxidation sites excluding steroid dienone is 1. The minimum absolute atomic E-state index is 0.145. The minimum Gasteiger partial charge on any atom is -0.270 e. The zero-order valence-corrected chi connectivity index (χ0v) is 15.4. The van der Waals surface area contributed by atoms with Crippen LogP contribution in [0.2, 0.25) is 0 Å². The number of aromatic nitrogens is 1. The Kier molecular flexibility index (Phi) is 7.74. The van der Waals surface area contributed by atoms with Crippen LogP contribution in [0.1, 0.15) is 51.7 Å². The molecular formula is C19H23F3N2O2. The zero-order valence-electron chi connectivity index (χ0n) is 15.4. The Labute approximate surface area is 151 Å². The van der Waals surface area contributed by atoms with Gasteiger partial charge in [-0.05, 0) is 24.5 Å². The Bertz CT molecular complexity index is 722. The number of halogens is 3. The number of amides is 2. The standard InChI is InChI=1S/C15H11F3N2O2.2C2H6/c16-15(17,18)12-7-19-6-5-9(12)8-20-13(21)10-3-1-2-4-11(10)14(20)22;2*1-2/h1,3,5-7H,2,4,8H2;2*1-2H3. The molecule has 142 valence electrons. The molecular weight excluding hydrogens is 345 g/mol. The van der Waals surface area contributed by atoms with E-state index in [1.807, 2.05) is 27.7 Å². The lowest BCUT2D eigenvalue weighted by Gasteiger charge is -2.18. The van der Waals surface area contributed by atoms with Gasteiger partial charge >= 0.3 is 6.18 Å². The highest BCUT2D eigenvalue weighted by atomic mass is 19.4. The average Bonchev–Trinajstić information content (AvgIpc) is 2.90. The van der Waals surface area contributed by atoms with Gasteiger partial charge in [0.25, 0.3) is 11.8 Å². The van der Waals surface area contributed by atoms with E-state index in [4.69, 9.17) is 0 Å². The summed E-state index contributed by atoms with van der Waals surface area (Å²) in [6.07, 6.45) is 1.76. The van der Waals surface area contributed by atoms with Crippen LogP contribution in [0.5, 0.6) is 0 Å². The summed E-state index contributed by atoms with van der Waals surface area (Å²) in [5.74, 6) is -1.05. The van der Waals surface area contributed by atoms with Crippen molar-refractivity contribution in [3.8, 4) is 0 Å². The van der Waals surface area contributed by atoms with E-state index in [2.05, 4.69) is 4.98 Å². The van der Waals surface area contributed by atoms with Crippen molar-refractivity contribution in [2.75, 3.05) is 0 Å². The molecule has 0 fully saturated rings. The number of nitrogens with zero attached hydrogens (tertiary/aromatic N) is 2. The fraction of sp³-hybridized carbons (Fsp3) is 0.421. The van der Waals surface area contributed by atoms with Gasteiger partial charge in [0.1, 0.15) is 0 Å². The molecule has 4 nitrogen and oxygen atoms in total. The summed E-state index contributed by atoms with van der Waals surface area (Å²) in [6, 6.07) is 1.18. The second kappa shape index (κ2) is 9.31. The van der Waals surface area contributed by atoms with Crippen molar-refractivity contribution >= 4 is 11.8 Å². The van der Waals surface area contributed by atoms with Gasteiger partial charge in [-0.25, -0.2) is 0 Å². The van der Waals surface area contributed by atoms with E-state index >= 15 is 0 Å². The summed E-state index contributed by atoms with van der Waals surface area (Å²) in [5.41, 5.74) is -0.405. The monoisotopic (exact) mass is 368 g/mol. The van der Waals surface area contributed by atoms with Gasteiger partial charge in [0, 0.05) is 23.5 Å². The molecule has 0 N–H and O–H groups in total. The number of rotatable bonds is 2. The molecule has 1 aliphatic heterocycles. The van der Waals surface area contributed by atoms with Crippen LogP contribution in [-0.2, 0) is 22.3 Å². The molecule has 0 atom stereocenters. The van der Waals surface area contributed by atoms with Crippen molar-refractivity contribution in [3.05, 3.63) is 52.9 Å². The number of imide groups is 1. The van der Waals surface area contributed by atoms with E-state index in [9.17, 15) is 22.8 Å². The molecule has 1 aliphatic carbocycles. The Balaban J connectivity index is 0.000000791. The summed E-state index contributed by atoms with van der Waals surface area (Å²) in [7, 11) is 0. The molecule has 0 saturated heterocycles. The topological polar surface area (TPSA) is 50.3 Å². The second-order valence-corrected chi connectivity index (χ2v) is 5.06. The lowest BCUT2D eigenvalue weighted by molar-refractivity contribution is -0.142. The largest absolute Gasteiger partial charge is 0.418 e. The third-order valence-corrected chi connectivity index (χ3v) is 3.69. The third-order valence-electron chi connectivity index (χ3n) is 3.69. The number of pyridine rings is 1. The molecule has 0 spiro atoms. The fourth-order valence-electron chi connectivity index (χ4n) is 2.62. The molecule has 0 bridgehead atoms. The Morgan fingerprint density at radius 3 is 2.35 bits per heavy atom. The van der Waals surface area contributed by atoms with Crippen molar-refractivity contribution in [1.82, 2.24) is 9.88 Å². The van der Waals surface area contributed by atoms with Gasteiger partial charge < -0.3 is 0 Å². The van der Waals surface area contributed by atoms with Gasteiger partial charge in [-0.15, -0.1) is 0 Å². The van der Waals surface area contributed by atoms with Crippen LogP contribution in [0.4, 0.5) is 13.2 Å². The maximum atomic E-state index is 13.0. The molecule has 7 heteroatoms. The minimum atomic E-state index is -4.58. The normalized spacial score (nSPS) is 15.9. The summed E-state index contributed by atoms with van der Waals surface area (Å²) >= 11 is 0. The van der Waals surface area contributed by atoms with E-state index in [-0.39, 0.29) is 5.56 Å². The van der Waals surface area contributed by atoms with Crippen LogP contribution in [0, 0.1) is 0 Å². The Morgan fingerprint density at radius 1 is 1.12 bits per heavy atom. The molecule has 26 heavy (non-hydrogen) atoms. The smallest absolute Gasteiger partial charge is 0.270 e. The van der Waals surface area contributed by atoms with E-state index in [0.29, 0.717) is 30.2 Å². The predicted molar refractivity (Wildman–Crippen MR) is 92.9 cm³/mol. The van der Waals surface area contributed by atoms with Gasteiger partial charge in [0.05, 0.1) is 12.1 Å². The molecule has 2 amide bonds. The highest BCUT2D eigenvalue weighted by Gasteiger charge is 2.39. The predicted octanol–water partition coefficient (Wildman–Crippen LogP) is 4.67. The number of carbonyl (C=O) groups excluding carboxylic acids is 2. The van der Waals surface area contributed by atoms with Crippen molar-refractivity contribution in [3.63, 3.8) is 0 Å². The van der Waals surface area contributed by atoms with E-state index in [1.54, 1.807) is 12.2 Å². The lowest BCUT2D eigenvalue weighted by Crippen LogP contribution is -2.32. The number of carbonyl (C=O) groups is 2. The Morgan fingerprint density at radius 2 is 1.77 bits per heavy atom. The van der Waals surface area contributed by atoms with E-state index in [1.165, 1.54) is 12.3 Å². The summed E-state index contributed by atoms with van der Waals surface area (Å²) in [6.45, 7) is 7.59. The molecule has 3 rings (SSSR count). The summed E-state index contributed by atoms with van der Waals surface area (Å²) < 4.78 is 38.9. The first-order valence-electron chi connectivity index (χ1n) is 8.65. The molecule has 0 aromatic carbocycles. The van der Waals surface area contributed by atoms with Crippen LogP contribution < -0.4 is 0 Å². The molecule has 0 unspecified atom stereocenters. The first kappa shape index (κ1) is 21.6. The first-order chi connectivity index (χ1) is 12.4. The molecule has 0 saturated carbocycles. The zero-order chi connectivity index (χ0) is 19.9. The van der Waals surface area contributed by atoms with Crippen LogP contribution >= 0.6 is 0 Å². The SMILES string of the molecule is CC.CC.O=C1C2=C(CCC=C2)C(=O)N1Cc1ccncc1C(F)(F)F. The van der Waals surface area contributed by atoms with Gasteiger partial charge in [-0.1, -0.05) is 39.8 Å². The van der Waals surface area contributed by atoms with Gasteiger partial charge in [0.2, 0.25) is 0 Å². The fourth-order valence-corrected chi connectivity index (χ4v) is 2.62. The third kappa shape index (κ3) is 4.39. The van der Waals surface area contributed by atoms with Crippen molar-refractivity contribution in [1.29, 1.82) is 0 Å². The van der Waals surface area contributed by atoms with Crippen LogP contribution in [0.3, 0.4) is 0 Å². The molecule has 0 radical (unpaired) electrons. The number of hydrogen-bond donors (Lipinski definition) is 0. The lowest BCUT2D eigenvalue weighted by atomic mass is 10.00. The van der Waals surface area contributed by atoms with Crippen molar-refractivity contribution < 1.29 is 22.8 Å². The van der Waals surface area contributed by atoms with E-state index < -0.39 is 30.1 Å². The van der Waals surface area contributed by atoms with Crippen LogP contribution in [0.15, 0.2) is 41.8 Å². The quantitative estimate of drug-likeness (QED) is 0.713. The molecule has 2 aliphatic rings. The number of hydrogen-bond acceptors (Lipinski definition) is 3. The van der Waals surface area contributed by atoms with Gasteiger partial charge in [-0.2, -0.15) is 13.2 Å². The van der Waals surface area contributed by atoms with Gasteiger partial charge in [0.15, 0.2) is 0 Å². The second-order valence-electron chi connectivity index (χ2n) is 5.06. The highest BCUT2D eigenvalue weighted by molar-refractivity contribution is 6.20. The molecule has 1 aromatic heterocycles. The van der Waals surface area contributed by atoms with Crippen molar-refractivity contribution in [2.24, 2.45) is 0 Å². The summed E-state index contributed by atoms with van der Waals surface area (Å²) in [5, 5.41) is 0.